The molecule has 1 aliphatic rings. The number of hydrogen-bond acceptors (Lipinski definition) is 7. The van der Waals surface area contributed by atoms with Crippen molar-refractivity contribution in [3.8, 4) is 5.75 Å². The van der Waals surface area contributed by atoms with Crippen molar-refractivity contribution in [2.45, 2.75) is 50.9 Å². The molecule has 1 unspecified atom stereocenters. The van der Waals surface area contributed by atoms with Gasteiger partial charge >= 0.3 is 12.1 Å². The maximum Gasteiger partial charge on any atom is 0.405 e. The van der Waals surface area contributed by atoms with Crippen LogP contribution < -0.4 is 21.3 Å². The first kappa shape index (κ1) is 30.7. The van der Waals surface area contributed by atoms with Gasteiger partial charge in [-0.2, -0.15) is 0 Å². The number of carbonyl (C=O) groups is 5. The number of hydrogen-bond donors (Lipinski definition) is 6. The van der Waals surface area contributed by atoms with Gasteiger partial charge in [0.25, 0.3) is 0 Å². The lowest BCUT2D eigenvalue weighted by atomic mass is 10.0. The van der Waals surface area contributed by atoms with Gasteiger partial charge in [-0.15, -0.1) is 0 Å². The number of nitrogens with one attached hydrogen (secondary N) is 4. The number of carbonyl (C=O) groups excluding carboxylic acids is 4. The highest BCUT2D eigenvalue weighted by Gasteiger charge is 2.31. The van der Waals surface area contributed by atoms with Crippen molar-refractivity contribution in [3.05, 3.63) is 77.9 Å². The fourth-order valence-corrected chi connectivity index (χ4v) is 4.17. The van der Waals surface area contributed by atoms with Gasteiger partial charge in [-0.3, -0.25) is 14.4 Å². The number of aromatic hydroxyl groups is 1. The predicted octanol–water partition coefficient (Wildman–Crippen LogP) is 1.04. The Labute approximate surface area is 237 Å². The summed E-state index contributed by atoms with van der Waals surface area (Å²) in [5.74, 6) is -2.94. The lowest BCUT2D eigenvalue weighted by Crippen LogP contribution is -2.55. The van der Waals surface area contributed by atoms with E-state index in [9.17, 15) is 34.2 Å². The molecule has 0 fully saturated rings. The quantitative estimate of drug-likeness (QED) is 0.256. The third-order valence-electron chi connectivity index (χ3n) is 6.33. The fraction of sp³-hybridized carbons (Fsp3) is 0.345. The molecule has 1 aliphatic heterocycles. The number of benzene rings is 2. The first-order chi connectivity index (χ1) is 19.5. The molecule has 12 heteroatoms. The normalized spacial score (nSPS) is 21.2. The van der Waals surface area contributed by atoms with Crippen molar-refractivity contribution < 1.29 is 38.9 Å². The van der Waals surface area contributed by atoms with Crippen LogP contribution in [0.4, 0.5) is 4.79 Å². The Kier molecular flexibility index (Phi) is 10.8. The van der Waals surface area contributed by atoms with E-state index in [-0.39, 0.29) is 24.5 Å². The van der Waals surface area contributed by atoms with Crippen LogP contribution in [0.15, 0.2) is 66.7 Å². The second kappa shape index (κ2) is 14.5. The lowest BCUT2D eigenvalue weighted by Gasteiger charge is -2.26. The van der Waals surface area contributed by atoms with E-state index < -0.39 is 60.6 Å². The van der Waals surface area contributed by atoms with Gasteiger partial charge in [0, 0.05) is 18.9 Å². The molecule has 41 heavy (non-hydrogen) atoms. The van der Waals surface area contributed by atoms with E-state index in [0.29, 0.717) is 11.1 Å². The van der Waals surface area contributed by atoms with Gasteiger partial charge in [0.2, 0.25) is 17.7 Å². The number of phenolic OH excluding ortho intramolecular Hbond substituents is 1. The molecule has 0 aromatic heterocycles. The maximum atomic E-state index is 13.1. The first-order valence-electron chi connectivity index (χ1n) is 13.1. The zero-order valence-electron chi connectivity index (χ0n) is 22.7. The molecule has 2 aromatic carbocycles. The summed E-state index contributed by atoms with van der Waals surface area (Å²) in [5, 5.41) is 28.9. The third kappa shape index (κ3) is 9.67. The van der Waals surface area contributed by atoms with Gasteiger partial charge in [-0.25, -0.2) is 9.59 Å². The van der Waals surface area contributed by atoms with Crippen molar-refractivity contribution in [2.24, 2.45) is 5.92 Å². The van der Waals surface area contributed by atoms with Crippen LogP contribution in [-0.4, -0.2) is 70.8 Å². The van der Waals surface area contributed by atoms with E-state index in [1.165, 1.54) is 18.2 Å². The zero-order valence-corrected chi connectivity index (χ0v) is 22.7. The summed E-state index contributed by atoms with van der Waals surface area (Å²) in [6, 6.07) is 10.6. The molecule has 1 heterocycles. The van der Waals surface area contributed by atoms with Crippen molar-refractivity contribution in [3.63, 3.8) is 0 Å². The molecule has 2 aromatic rings. The molecule has 218 valence electrons. The Bertz CT molecular complexity index is 1260. The Hall–Kier alpha value is -4.87. The van der Waals surface area contributed by atoms with Gasteiger partial charge in [0.1, 0.15) is 30.5 Å². The minimum Gasteiger partial charge on any atom is -0.508 e. The second-order valence-corrected chi connectivity index (χ2v) is 9.96. The number of amides is 4. The van der Waals surface area contributed by atoms with Crippen LogP contribution in [0.1, 0.15) is 25.0 Å². The monoisotopic (exact) mass is 566 g/mol. The van der Waals surface area contributed by atoms with Gasteiger partial charge < -0.3 is 36.2 Å². The maximum absolute atomic E-state index is 13.1. The second-order valence-electron chi connectivity index (χ2n) is 9.96. The van der Waals surface area contributed by atoms with Crippen molar-refractivity contribution in [1.82, 2.24) is 21.3 Å². The summed E-state index contributed by atoms with van der Waals surface area (Å²) in [4.78, 5) is 63.3. The number of esters is 1. The molecule has 3 rings (SSSR count). The summed E-state index contributed by atoms with van der Waals surface area (Å²) >= 11 is 0. The molecule has 12 nitrogen and oxygen atoms in total. The van der Waals surface area contributed by atoms with Crippen molar-refractivity contribution in [1.29, 1.82) is 0 Å². The Morgan fingerprint density at radius 3 is 2.32 bits per heavy atom. The van der Waals surface area contributed by atoms with Crippen LogP contribution in [0, 0.1) is 5.92 Å². The van der Waals surface area contributed by atoms with Crippen molar-refractivity contribution in [2.75, 3.05) is 6.61 Å². The average molecular weight is 567 g/mol. The van der Waals surface area contributed by atoms with Crippen LogP contribution in [0.5, 0.6) is 5.75 Å². The first-order valence-corrected chi connectivity index (χ1v) is 13.1. The van der Waals surface area contributed by atoms with E-state index in [1.807, 2.05) is 0 Å². The topological polar surface area (TPSA) is 183 Å². The number of phenols is 1. The van der Waals surface area contributed by atoms with E-state index in [0.717, 1.165) is 6.08 Å². The summed E-state index contributed by atoms with van der Waals surface area (Å²) in [6.07, 6.45) is 1.14. The van der Waals surface area contributed by atoms with E-state index in [4.69, 9.17) is 4.74 Å². The highest BCUT2D eigenvalue weighted by Crippen LogP contribution is 2.13. The summed E-state index contributed by atoms with van der Waals surface area (Å²) in [7, 11) is 0. The standard InChI is InChI=1S/C29H34N4O8/c1-17(2)25-27(37)31-23(15-19-8-11-21(34)12-9-19)28(38)41-16-20(10-13-24(35)33-25)30-26(36)22(32-29(39)40)14-18-6-4-3-5-7-18/h3-13,17,20,22-23,25,32,34H,14-16H2,1-2H3,(H,30,36)(H,31,37)(H,33,35)(H,39,40)/b13-10+/t20-,22?,23+,25+/m1/s1. The van der Waals surface area contributed by atoms with E-state index in [2.05, 4.69) is 21.3 Å². The molecule has 0 spiro atoms. The van der Waals surface area contributed by atoms with Gasteiger partial charge in [0.05, 0.1) is 6.04 Å². The molecular formula is C29H34N4O8. The highest BCUT2D eigenvalue weighted by atomic mass is 16.5. The van der Waals surface area contributed by atoms with Crippen LogP contribution in [-0.2, 0) is 36.8 Å². The van der Waals surface area contributed by atoms with Crippen LogP contribution >= 0.6 is 0 Å². The van der Waals surface area contributed by atoms with E-state index >= 15 is 0 Å². The molecule has 0 aliphatic carbocycles. The summed E-state index contributed by atoms with van der Waals surface area (Å²) in [6.45, 7) is 3.08. The number of carboxylic acid groups (broad SMARTS) is 1. The molecule has 0 saturated heterocycles. The van der Waals surface area contributed by atoms with Gasteiger partial charge in [-0.1, -0.05) is 62.4 Å². The minimum atomic E-state index is -1.39. The van der Waals surface area contributed by atoms with Crippen molar-refractivity contribution >= 4 is 29.8 Å². The molecular weight excluding hydrogens is 532 g/mol. The highest BCUT2D eigenvalue weighted by molar-refractivity contribution is 5.95. The van der Waals surface area contributed by atoms with Crippen LogP contribution in [0.3, 0.4) is 0 Å². The molecule has 4 amide bonds. The van der Waals surface area contributed by atoms with Crippen LogP contribution in [0.25, 0.3) is 0 Å². The Morgan fingerprint density at radius 2 is 1.68 bits per heavy atom. The number of cyclic esters (lactones) is 1. The predicted molar refractivity (Wildman–Crippen MR) is 148 cm³/mol. The molecule has 0 radical (unpaired) electrons. The van der Waals surface area contributed by atoms with E-state index in [1.54, 1.807) is 56.3 Å². The van der Waals surface area contributed by atoms with Gasteiger partial charge in [-0.05, 0) is 29.2 Å². The third-order valence-corrected chi connectivity index (χ3v) is 6.33. The minimum absolute atomic E-state index is 0.0370. The molecule has 4 atom stereocenters. The smallest absolute Gasteiger partial charge is 0.405 e. The van der Waals surface area contributed by atoms with Gasteiger partial charge in [0.15, 0.2) is 0 Å². The Morgan fingerprint density at radius 1 is 1.00 bits per heavy atom. The number of ether oxygens (including phenoxy) is 1. The fourth-order valence-electron chi connectivity index (χ4n) is 4.17. The molecule has 0 saturated carbocycles. The SMILES string of the molecule is CC(C)[C@@H]1NC(=O)/C=C/[C@@H](NC(=O)C(Cc2ccccc2)NC(=O)O)COC(=O)[C@H](Cc2ccc(O)cc2)NC1=O. The largest absolute Gasteiger partial charge is 0.508 e. The summed E-state index contributed by atoms with van der Waals surface area (Å²) < 4.78 is 5.46. The Balaban J connectivity index is 1.83. The zero-order chi connectivity index (χ0) is 29.9. The molecule has 0 bridgehead atoms. The summed E-state index contributed by atoms with van der Waals surface area (Å²) in [5.41, 5.74) is 1.35. The average Bonchev–Trinajstić information content (AvgIpc) is 2.92. The number of rotatable bonds is 8. The molecule has 6 N–H and O–H groups in total. The lowest BCUT2D eigenvalue weighted by molar-refractivity contribution is -0.149. The van der Waals surface area contributed by atoms with Crippen LogP contribution in [0.2, 0.25) is 0 Å².